The third-order valence-electron chi connectivity index (χ3n) is 1.90. The molecule has 0 aliphatic carbocycles. The SMILES string of the molecule is CC(C)(Cl)c1cc(CNCCN)n[nH]1. The molecule has 4 nitrogen and oxygen atoms in total. The molecule has 0 aliphatic heterocycles. The molecule has 0 aromatic carbocycles. The highest BCUT2D eigenvalue weighted by atomic mass is 35.5. The van der Waals surface area contributed by atoms with E-state index in [4.69, 9.17) is 17.3 Å². The van der Waals surface area contributed by atoms with Crippen molar-refractivity contribution >= 4 is 11.6 Å². The third kappa shape index (κ3) is 3.29. The maximum absolute atomic E-state index is 6.12. The number of nitrogens with one attached hydrogen (secondary N) is 2. The molecule has 80 valence electrons. The summed E-state index contributed by atoms with van der Waals surface area (Å²) in [5.74, 6) is 0. The van der Waals surface area contributed by atoms with Crippen LogP contribution in [0.2, 0.25) is 0 Å². The van der Waals surface area contributed by atoms with Gasteiger partial charge in [0.15, 0.2) is 0 Å². The minimum absolute atomic E-state index is 0.390. The van der Waals surface area contributed by atoms with Crippen LogP contribution in [0.1, 0.15) is 25.2 Å². The Kier molecular flexibility index (Phi) is 3.92. The number of rotatable bonds is 5. The Balaban J connectivity index is 2.51. The molecule has 1 rings (SSSR count). The highest BCUT2D eigenvalue weighted by Gasteiger charge is 2.18. The van der Waals surface area contributed by atoms with Gasteiger partial charge in [-0.3, -0.25) is 5.10 Å². The van der Waals surface area contributed by atoms with E-state index in [1.807, 2.05) is 19.9 Å². The molecule has 1 aromatic rings. The number of alkyl halides is 1. The maximum Gasteiger partial charge on any atom is 0.0804 e. The van der Waals surface area contributed by atoms with Crippen LogP contribution in [0.25, 0.3) is 0 Å². The fourth-order valence-electron chi connectivity index (χ4n) is 1.08. The number of halogens is 1. The third-order valence-corrected chi connectivity index (χ3v) is 2.10. The summed E-state index contributed by atoms with van der Waals surface area (Å²) >= 11 is 6.12. The van der Waals surface area contributed by atoms with Gasteiger partial charge in [0.25, 0.3) is 0 Å². The molecule has 14 heavy (non-hydrogen) atoms. The van der Waals surface area contributed by atoms with Crippen LogP contribution in [0.5, 0.6) is 0 Å². The monoisotopic (exact) mass is 216 g/mol. The molecular weight excluding hydrogens is 200 g/mol. The second-order valence-corrected chi connectivity index (χ2v) is 4.66. The second-order valence-electron chi connectivity index (χ2n) is 3.71. The van der Waals surface area contributed by atoms with Crippen LogP contribution in [0.15, 0.2) is 6.07 Å². The molecule has 1 heterocycles. The van der Waals surface area contributed by atoms with Gasteiger partial charge in [-0.05, 0) is 19.9 Å². The van der Waals surface area contributed by atoms with Crippen molar-refractivity contribution in [2.45, 2.75) is 25.3 Å². The summed E-state index contributed by atoms with van der Waals surface area (Å²) in [5, 5.41) is 10.2. The number of aromatic amines is 1. The molecule has 0 unspecified atom stereocenters. The van der Waals surface area contributed by atoms with Gasteiger partial charge >= 0.3 is 0 Å². The summed E-state index contributed by atoms with van der Waals surface area (Å²) in [5.41, 5.74) is 7.25. The van der Waals surface area contributed by atoms with Crippen molar-refractivity contribution in [2.24, 2.45) is 5.73 Å². The molecule has 4 N–H and O–H groups in total. The van der Waals surface area contributed by atoms with Gasteiger partial charge in [0, 0.05) is 19.6 Å². The Hall–Kier alpha value is -0.580. The van der Waals surface area contributed by atoms with E-state index >= 15 is 0 Å². The van der Waals surface area contributed by atoms with Gasteiger partial charge in [0.1, 0.15) is 0 Å². The minimum Gasteiger partial charge on any atom is -0.329 e. The molecular formula is C9H17ClN4. The molecule has 0 saturated carbocycles. The first-order chi connectivity index (χ1) is 6.54. The zero-order valence-corrected chi connectivity index (χ0v) is 9.36. The first-order valence-corrected chi connectivity index (χ1v) is 5.06. The fraction of sp³-hybridized carbons (Fsp3) is 0.667. The number of H-pyrrole nitrogens is 1. The van der Waals surface area contributed by atoms with Crippen molar-refractivity contribution in [2.75, 3.05) is 13.1 Å². The average molecular weight is 217 g/mol. The molecule has 0 atom stereocenters. The van der Waals surface area contributed by atoms with E-state index in [-0.39, 0.29) is 4.87 Å². The lowest BCUT2D eigenvalue weighted by atomic mass is 10.1. The summed E-state index contributed by atoms with van der Waals surface area (Å²) in [7, 11) is 0. The van der Waals surface area contributed by atoms with E-state index < -0.39 is 0 Å². The molecule has 0 bridgehead atoms. The smallest absolute Gasteiger partial charge is 0.0804 e. The predicted octanol–water partition coefficient (Wildman–Crippen LogP) is 0.932. The van der Waals surface area contributed by atoms with Crippen molar-refractivity contribution in [1.29, 1.82) is 0 Å². The van der Waals surface area contributed by atoms with Crippen molar-refractivity contribution in [3.05, 3.63) is 17.5 Å². The van der Waals surface area contributed by atoms with E-state index in [0.717, 1.165) is 24.5 Å². The standard InChI is InChI=1S/C9H17ClN4/c1-9(2,10)8-5-7(13-14-8)6-12-4-3-11/h5,12H,3-4,6,11H2,1-2H3,(H,13,14). The van der Waals surface area contributed by atoms with Crippen LogP contribution in [-0.2, 0) is 11.4 Å². The largest absolute Gasteiger partial charge is 0.329 e. The molecule has 1 aromatic heterocycles. The summed E-state index contributed by atoms with van der Waals surface area (Å²) in [4.78, 5) is -0.390. The normalized spacial score (nSPS) is 12.0. The minimum atomic E-state index is -0.390. The summed E-state index contributed by atoms with van der Waals surface area (Å²) < 4.78 is 0. The summed E-state index contributed by atoms with van der Waals surface area (Å²) in [6.45, 7) is 6.02. The Morgan fingerprint density at radius 3 is 2.86 bits per heavy atom. The van der Waals surface area contributed by atoms with E-state index in [0.29, 0.717) is 6.54 Å². The van der Waals surface area contributed by atoms with Crippen LogP contribution in [-0.4, -0.2) is 23.3 Å². The van der Waals surface area contributed by atoms with Gasteiger partial charge in [-0.2, -0.15) is 5.10 Å². The lowest BCUT2D eigenvalue weighted by Gasteiger charge is -2.11. The molecule has 0 fully saturated rings. The molecule has 0 radical (unpaired) electrons. The lowest BCUT2D eigenvalue weighted by molar-refractivity contribution is 0.679. The van der Waals surface area contributed by atoms with Crippen LogP contribution in [0, 0.1) is 0 Å². The van der Waals surface area contributed by atoms with Gasteiger partial charge in [-0.15, -0.1) is 11.6 Å². The Morgan fingerprint density at radius 1 is 1.64 bits per heavy atom. The zero-order valence-electron chi connectivity index (χ0n) is 8.60. The van der Waals surface area contributed by atoms with Crippen molar-refractivity contribution in [3.63, 3.8) is 0 Å². The van der Waals surface area contributed by atoms with Crippen LogP contribution in [0.4, 0.5) is 0 Å². The molecule has 0 aliphatic rings. The quantitative estimate of drug-likeness (QED) is 0.507. The number of hydrogen-bond donors (Lipinski definition) is 3. The first-order valence-electron chi connectivity index (χ1n) is 4.68. The zero-order chi connectivity index (χ0) is 10.6. The Bertz CT molecular complexity index is 277. The van der Waals surface area contributed by atoms with Gasteiger partial charge in [0.2, 0.25) is 0 Å². The first kappa shape index (κ1) is 11.5. The van der Waals surface area contributed by atoms with Crippen LogP contribution >= 0.6 is 11.6 Å². The highest BCUT2D eigenvalue weighted by molar-refractivity contribution is 6.23. The number of hydrogen-bond acceptors (Lipinski definition) is 3. The lowest BCUT2D eigenvalue weighted by Crippen LogP contribution is -2.22. The maximum atomic E-state index is 6.12. The van der Waals surface area contributed by atoms with E-state index in [2.05, 4.69) is 15.5 Å². The topological polar surface area (TPSA) is 66.7 Å². The van der Waals surface area contributed by atoms with Gasteiger partial charge in [0.05, 0.1) is 16.3 Å². The van der Waals surface area contributed by atoms with Gasteiger partial charge in [-0.25, -0.2) is 0 Å². The van der Waals surface area contributed by atoms with E-state index in [9.17, 15) is 0 Å². The number of nitrogens with two attached hydrogens (primary N) is 1. The second kappa shape index (κ2) is 4.77. The fourth-order valence-corrected chi connectivity index (χ4v) is 1.17. The van der Waals surface area contributed by atoms with Crippen LogP contribution < -0.4 is 11.1 Å². The summed E-state index contributed by atoms with van der Waals surface area (Å²) in [6, 6.07) is 1.97. The predicted molar refractivity (Wildman–Crippen MR) is 58.2 cm³/mol. The highest BCUT2D eigenvalue weighted by Crippen LogP contribution is 2.25. The Morgan fingerprint density at radius 2 is 2.36 bits per heavy atom. The number of aromatic nitrogens is 2. The van der Waals surface area contributed by atoms with Crippen LogP contribution in [0.3, 0.4) is 0 Å². The molecule has 5 heteroatoms. The van der Waals surface area contributed by atoms with Crippen molar-refractivity contribution in [1.82, 2.24) is 15.5 Å². The summed E-state index contributed by atoms with van der Waals surface area (Å²) in [6.07, 6.45) is 0. The molecule has 0 saturated heterocycles. The Labute approximate surface area is 89.2 Å². The van der Waals surface area contributed by atoms with Gasteiger partial charge < -0.3 is 11.1 Å². The van der Waals surface area contributed by atoms with Gasteiger partial charge in [-0.1, -0.05) is 0 Å². The van der Waals surface area contributed by atoms with Crippen molar-refractivity contribution < 1.29 is 0 Å². The average Bonchev–Trinajstić information content (AvgIpc) is 2.52. The molecule has 0 amide bonds. The molecule has 0 spiro atoms. The van der Waals surface area contributed by atoms with E-state index in [1.54, 1.807) is 0 Å². The van der Waals surface area contributed by atoms with E-state index in [1.165, 1.54) is 0 Å². The number of nitrogens with zero attached hydrogens (tertiary/aromatic N) is 1. The van der Waals surface area contributed by atoms with Crippen molar-refractivity contribution in [3.8, 4) is 0 Å².